The fourth-order valence-corrected chi connectivity index (χ4v) is 5.77. The lowest BCUT2D eigenvalue weighted by atomic mass is 10.1. The maximum absolute atomic E-state index is 12.7. The van der Waals surface area contributed by atoms with Gasteiger partial charge in [-0.2, -0.15) is 0 Å². The molecule has 39 heavy (non-hydrogen) atoms. The highest BCUT2D eigenvalue weighted by Crippen LogP contribution is 2.30. The van der Waals surface area contributed by atoms with Gasteiger partial charge in [0.05, 0.1) is 12.2 Å². The number of thiophene rings is 1. The summed E-state index contributed by atoms with van der Waals surface area (Å²) in [6.45, 7) is 5.24. The molecule has 0 atom stereocenters. The Labute approximate surface area is 241 Å². The fourth-order valence-electron chi connectivity index (χ4n) is 4.71. The number of aryl methyl sites for hydroxylation is 1. The quantitative estimate of drug-likeness (QED) is 0.0800. The van der Waals surface area contributed by atoms with Crippen molar-refractivity contribution in [3.05, 3.63) is 71.1 Å². The van der Waals surface area contributed by atoms with Crippen molar-refractivity contribution in [2.45, 2.75) is 110 Å². The minimum absolute atomic E-state index is 0.343. The predicted octanol–water partition coefficient (Wildman–Crippen LogP) is 11.1. The van der Waals surface area contributed by atoms with E-state index in [0.717, 1.165) is 30.8 Å². The molecule has 0 spiro atoms. The number of hydrogen-bond donors (Lipinski definition) is 0. The molecule has 0 amide bonds. The highest BCUT2D eigenvalue weighted by molar-refractivity contribution is 7.15. The number of ether oxygens (including phenoxy) is 2. The topological polar surface area (TPSA) is 35.5 Å². The molecule has 2 aromatic carbocycles. The lowest BCUT2D eigenvalue weighted by Gasteiger charge is -2.08. The predicted molar refractivity (Wildman–Crippen MR) is 166 cm³/mol. The van der Waals surface area contributed by atoms with Crippen molar-refractivity contribution in [1.29, 1.82) is 0 Å². The van der Waals surface area contributed by atoms with Gasteiger partial charge in [-0.05, 0) is 73.4 Å². The molecule has 0 N–H and O–H groups in total. The van der Waals surface area contributed by atoms with Crippen LogP contribution in [-0.4, -0.2) is 12.6 Å². The molecule has 3 aromatic rings. The Morgan fingerprint density at radius 1 is 0.615 bits per heavy atom. The molecule has 1 heterocycles. The Kier molecular flexibility index (Phi) is 14.8. The molecule has 3 rings (SSSR count). The molecule has 0 saturated heterocycles. The van der Waals surface area contributed by atoms with E-state index >= 15 is 0 Å². The summed E-state index contributed by atoms with van der Waals surface area (Å²) in [4.78, 5) is 15.4. The first-order valence-corrected chi connectivity index (χ1v) is 16.2. The van der Waals surface area contributed by atoms with E-state index < -0.39 is 0 Å². The zero-order valence-corrected chi connectivity index (χ0v) is 25.0. The molecule has 0 radical (unpaired) electrons. The number of carbonyl (C=O) groups excluding carboxylic acids is 1. The van der Waals surface area contributed by atoms with E-state index in [1.807, 2.05) is 47.7 Å². The number of unbranched alkanes of at least 4 members (excludes halogenated alkanes) is 12. The maximum atomic E-state index is 12.7. The molecule has 4 heteroatoms. The Balaban J connectivity index is 1.36. The van der Waals surface area contributed by atoms with Gasteiger partial charge in [0.2, 0.25) is 0 Å². The average Bonchev–Trinajstić information content (AvgIpc) is 3.44. The molecule has 212 valence electrons. The van der Waals surface area contributed by atoms with E-state index in [0.29, 0.717) is 11.3 Å². The molecule has 0 aliphatic heterocycles. The molecule has 0 aliphatic carbocycles. The van der Waals surface area contributed by atoms with Crippen LogP contribution in [-0.2, 0) is 6.42 Å². The van der Waals surface area contributed by atoms with E-state index in [4.69, 9.17) is 9.47 Å². The van der Waals surface area contributed by atoms with Gasteiger partial charge in [0.15, 0.2) is 0 Å². The summed E-state index contributed by atoms with van der Waals surface area (Å²) in [6.07, 6.45) is 19.4. The second kappa shape index (κ2) is 18.7. The van der Waals surface area contributed by atoms with Gasteiger partial charge in [-0.25, -0.2) is 4.79 Å². The first-order valence-electron chi connectivity index (χ1n) is 15.3. The van der Waals surface area contributed by atoms with Crippen molar-refractivity contribution >= 4 is 17.3 Å². The second-order valence-electron chi connectivity index (χ2n) is 10.5. The lowest BCUT2D eigenvalue weighted by molar-refractivity contribution is 0.0734. The summed E-state index contributed by atoms with van der Waals surface area (Å²) < 4.78 is 11.4. The zero-order chi connectivity index (χ0) is 27.5. The van der Waals surface area contributed by atoms with Crippen molar-refractivity contribution in [1.82, 2.24) is 0 Å². The minimum atomic E-state index is -0.343. The summed E-state index contributed by atoms with van der Waals surface area (Å²) in [5.41, 5.74) is 1.70. The van der Waals surface area contributed by atoms with Crippen LogP contribution in [0.3, 0.4) is 0 Å². The van der Waals surface area contributed by atoms with Crippen molar-refractivity contribution in [3.63, 3.8) is 0 Å². The van der Waals surface area contributed by atoms with Gasteiger partial charge in [-0.15, -0.1) is 11.3 Å². The maximum Gasteiger partial charge on any atom is 0.343 e. The number of benzene rings is 2. The second-order valence-corrected chi connectivity index (χ2v) is 11.7. The van der Waals surface area contributed by atoms with Crippen molar-refractivity contribution in [2.24, 2.45) is 0 Å². The van der Waals surface area contributed by atoms with Crippen molar-refractivity contribution in [2.75, 3.05) is 6.61 Å². The smallest absolute Gasteiger partial charge is 0.343 e. The molecule has 0 fully saturated rings. The molecule has 0 saturated carbocycles. The number of esters is 1. The Bertz CT molecular complexity index is 1050. The van der Waals surface area contributed by atoms with Crippen LogP contribution < -0.4 is 9.47 Å². The van der Waals surface area contributed by atoms with E-state index in [9.17, 15) is 4.79 Å². The summed E-state index contributed by atoms with van der Waals surface area (Å²) in [5, 5.41) is 0. The van der Waals surface area contributed by atoms with Crippen LogP contribution in [0.5, 0.6) is 11.5 Å². The van der Waals surface area contributed by atoms with Crippen LogP contribution in [0.25, 0.3) is 10.4 Å². The zero-order valence-electron chi connectivity index (χ0n) is 24.2. The van der Waals surface area contributed by atoms with E-state index in [1.165, 1.54) is 93.2 Å². The monoisotopic (exact) mass is 548 g/mol. The van der Waals surface area contributed by atoms with Crippen LogP contribution >= 0.6 is 11.3 Å². The lowest BCUT2D eigenvalue weighted by Crippen LogP contribution is -2.08. The van der Waals surface area contributed by atoms with Crippen molar-refractivity contribution in [3.8, 4) is 21.9 Å². The van der Waals surface area contributed by atoms with Gasteiger partial charge in [0.1, 0.15) is 11.5 Å². The SMILES string of the molecule is CCCCCCCCCCOc1ccc(OC(=O)c2ccc(-c3ccc(CCCCCCCC)s3)cc2)cc1. The van der Waals surface area contributed by atoms with Gasteiger partial charge in [-0.1, -0.05) is 103 Å². The highest BCUT2D eigenvalue weighted by atomic mass is 32.1. The minimum Gasteiger partial charge on any atom is -0.494 e. The third-order valence-corrected chi connectivity index (χ3v) is 8.34. The van der Waals surface area contributed by atoms with Gasteiger partial charge in [0, 0.05) is 9.75 Å². The average molecular weight is 549 g/mol. The van der Waals surface area contributed by atoms with Gasteiger partial charge < -0.3 is 9.47 Å². The van der Waals surface area contributed by atoms with Crippen LogP contribution in [0.15, 0.2) is 60.7 Å². The van der Waals surface area contributed by atoms with Gasteiger partial charge in [0.25, 0.3) is 0 Å². The van der Waals surface area contributed by atoms with Gasteiger partial charge >= 0.3 is 5.97 Å². The van der Waals surface area contributed by atoms with Gasteiger partial charge in [-0.3, -0.25) is 0 Å². The summed E-state index contributed by atoms with van der Waals surface area (Å²) in [7, 11) is 0. The molecule has 0 unspecified atom stereocenters. The van der Waals surface area contributed by atoms with Crippen LogP contribution in [0.4, 0.5) is 0 Å². The van der Waals surface area contributed by atoms with Crippen LogP contribution in [0.2, 0.25) is 0 Å². The third-order valence-electron chi connectivity index (χ3n) is 7.14. The molecule has 3 nitrogen and oxygen atoms in total. The summed E-state index contributed by atoms with van der Waals surface area (Å²) >= 11 is 1.86. The first-order chi connectivity index (χ1) is 19.2. The normalized spacial score (nSPS) is 11.0. The molecular formula is C35H48O3S. The Morgan fingerprint density at radius 2 is 1.18 bits per heavy atom. The van der Waals surface area contributed by atoms with Crippen LogP contribution in [0, 0.1) is 0 Å². The number of carbonyl (C=O) groups is 1. The summed E-state index contributed by atoms with van der Waals surface area (Å²) in [5.74, 6) is 0.999. The molecule has 1 aromatic heterocycles. The van der Waals surface area contributed by atoms with E-state index in [-0.39, 0.29) is 5.97 Å². The molecule has 0 bridgehead atoms. The molecule has 0 aliphatic rings. The Hall–Kier alpha value is -2.59. The van der Waals surface area contributed by atoms with E-state index in [1.54, 1.807) is 12.1 Å². The number of hydrogen-bond acceptors (Lipinski definition) is 4. The fraction of sp³-hybridized carbons (Fsp3) is 0.514. The highest BCUT2D eigenvalue weighted by Gasteiger charge is 2.10. The standard InChI is InChI=1S/C35H48O3S/c1-3-5-7-9-11-12-14-16-28-37-31-22-24-32(25-23-31)38-35(36)30-20-18-29(19-21-30)34-27-26-33(39-34)17-15-13-10-8-6-4-2/h18-27H,3-17,28H2,1-2H3. The largest absolute Gasteiger partial charge is 0.494 e. The third kappa shape index (κ3) is 12.0. The van der Waals surface area contributed by atoms with Crippen molar-refractivity contribution < 1.29 is 14.3 Å². The summed E-state index contributed by atoms with van der Waals surface area (Å²) in [6, 6.07) is 19.5. The Morgan fingerprint density at radius 3 is 1.82 bits per heavy atom. The van der Waals surface area contributed by atoms with E-state index in [2.05, 4.69) is 26.0 Å². The first kappa shape index (κ1) is 30.9. The number of rotatable bonds is 20. The van der Waals surface area contributed by atoms with Crippen LogP contribution in [0.1, 0.15) is 119 Å². The molecular weight excluding hydrogens is 500 g/mol.